The third-order valence-electron chi connectivity index (χ3n) is 4.96. The van der Waals surface area contributed by atoms with E-state index in [-0.39, 0.29) is 48.3 Å². The number of alkyl carbamates (subject to hydrolysis) is 1. The van der Waals surface area contributed by atoms with Crippen molar-refractivity contribution in [1.82, 2.24) is 14.6 Å². The van der Waals surface area contributed by atoms with Crippen molar-refractivity contribution in [3.63, 3.8) is 0 Å². The second kappa shape index (κ2) is 12.2. The molecule has 192 valence electrons. The number of aromatic nitrogens is 1. The summed E-state index contributed by atoms with van der Waals surface area (Å²) >= 11 is 0. The van der Waals surface area contributed by atoms with Gasteiger partial charge in [0, 0.05) is 43.6 Å². The van der Waals surface area contributed by atoms with Crippen molar-refractivity contribution in [2.45, 2.75) is 17.9 Å². The molecule has 1 heterocycles. The van der Waals surface area contributed by atoms with Crippen LogP contribution in [0.1, 0.15) is 12.0 Å². The third-order valence-corrected chi connectivity index (χ3v) is 6.63. The van der Waals surface area contributed by atoms with Crippen LogP contribution >= 0.6 is 0 Å². The molecule has 0 aliphatic carbocycles. The molecule has 3 aromatic rings. The number of carbonyl (C=O) groups excluding carboxylic acids is 2. The molecule has 3 rings (SSSR count). The SMILES string of the molecule is CNC(=O)OCc1cc(-c2ccccc2F)n(S(=O)(=O)c2cccc(OCC(=O)NCCCO)c2)c1. The number of carbonyl (C=O) groups is 2. The first kappa shape index (κ1) is 26.7. The van der Waals surface area contributed by atoms with E-state index >= 15 is 0 Å². The minimum Gasteiger partial charge on any atom is -0.484 e. The maximum absolute atomic E-state index is 14.6. The van der Waals surface area contributed by atoms with Crippen LogP contribution < -0.4 is 15.4 Å². The normalized spacial score (nSPS) is 11.1. The lowest BCUT2D eigenvalue weighted by molar-refractivity contribution is -0.123. The second-order valence-electron chi connectivity index (χ2n) is 7.53. The molecule has 2 amide bonds. The molecule has 0 saturated carbocycles. The lowest BCUT2D eigenvalue weighted by Crippen LogP contribution is -2.30. The second-order valence-corrected chi connectivity index (χ2v) is 9.35. The number of halogens is 1. The van der Waals surface area contributed by atoms with Gasteiger partial charge in [0.05, 0.1) is 10.6 Å². The zero-order valence-electron chi connectivity index (χ0n) is 19.4. The van der Waals surface area contributed by atoms with Crippen LogP contribution in [0.25, 0.3) is 11.3 Å². The first-order valence-electron chi connectivity index (χ1n) is 10.9. The van der Waals surface area contributed by atoms with Crippen LogP contribution in [0.5, 0.6) is 5.75 Å². The van der Waals surface area contributed by atoms with Gasteiger partial charge in [0.2, 0.25) is 0 Å². The lowest BCUT2D eigenvalue weighted by atomic mass is 10.1. The Morgan fingerprint density at radius 1 is 1.11 bits per heavy atom. The Bertz CT molecular complexity index is 1320. The van der Waals surface area contributed by atoms with Gasteiger partial charge in [-0.15, -0.1) is 0 Å². The minimum absolute atomic E-state index is 0.0400. The van der Waals surface area contributed by atoms with Gasteiger partial charge in [-0.1, -0.05) is 18.2 Å². The van der Waals surface area contributed by atoms with E-state index in [1.807, 2.05) is 0 Å². The minimum atomic E-state index is -4.25. The molecule has 0 fully saturated rings. The van der Waals surface area contributed by atoms with Gasteiger partial charge in [0.1, 0.15) is 18.2 Å². The predicted octanol–water partition coefficient (Wildman–Crippen LogP) is 2.26. The summed E-state index contributed by atoms with van der Waals surface area (Å²) in [6.45, 7) is -0.363. The first-order chi connectivity index (χ1) is 17.3. The summed E-state index contributed by atoms with van der Waals surface area (Å²) in [4.78, 5) is 23.2. The Hall–Kier alpha value is -3.90. The molecular weight excluding hydrogens is 493 g/mol. The zero-order chi connectivity index (χ0) is 26.1. The summed E-state index contributed by atoms with van der Waals surface area (Å²) in [7, 11) is -2.87. The molecule has 0 atom stereocenters. The van der Waals surface area contributed by atoms with Gasteiger partial charge in [-0.2, -0.15) is 0 Å². The Morgan fingerprint density at radius 3 is 2.61 bits per heavy atom. The van der Waals surface area contributed by atoms with Gasteiger partial charge in [-0.25, -0.2) is 21.6 Å². The number of ether oxygens (including phenoxy) is 2. The summed E-state index contributed by atoms with van der Waals surface area (Å²) < 4.78 is 53.1. The predicted molar refractivity (Wildman–Crippen MR) is 128 cm³/mol. The van der Waals surface area contributed by atoms with E-state index in [2.05, 4.69) is 10.6 Å². The number of aliphatic hydroxyl groups is 1. The van der Waals surface area contributed by atoms with E-state index in [9.17, 15) is 22.4 Å². The molecule has 0 saturated heterocycles. The zero-order valence-corrected chi connectivity index (χ0v) is 20.3. The number of hydrogen-bond acceptors (Lipinski definition) is 7. The summed E-state index contributed by atoms with van der Waals surface area (Å²) in [5.41, 5.74) is 0.407. The van der Waals surface area contributed by atoms with E-state index in [0.29, 0.717) is 12.0 Å². The summed E-state index contributed by atoms with van der Waals surface area (Å²) in [6, 6.07) is 12.7. The quantitative estimate of drug-likeness (QED) is 0.331. The van der Waals surface area contributed by atoms with Gasteiger partial charge in [0.15, 0.2) is 6.61 Å². The fourth-order valence-corrected chi connectivity index (χ4v) is 4.63. The first-order valence-corrected chi connectivity index (χ1v) is 12.4. The Labute approximate surface area is 207 Å². The van der Waals surface area contributed by atoms with Crippen molar-refractivity contribution in [2.75, 3.05) is 26.8 Å². The summed E-state index contributed by atoms with van der Waals surface area (Å²) in [5.74, 6) is -0.920. The van der Waals surface area contributed by atoms with Crippen molar-refractivity contribution >= 4 is 22.0 Å². The van der Waals surface area contributed by atoms with E-state index < -0.39 is 27.8 Å². The average molecular weight is 520 g/mol. The van der Waals surface area contributed by atoms with Crippen LogP contribution in [0.2, 0.25) is 0 Å². The van der Waals surface area contributed by atoms with E-state index in [1.165, 1.54) is 61.8 Å². The van der Waals surface area contributed by atoms with Gasteiger partial charge in [0.25, 0.3) is 15.9 Å². The largest absolute Gasteiger partial charge is 0.484 e. The van der Waals surface area contributed by atoms with Crippen molar-refractivity contribution in [1.29, 1.82) is 0 Å². The number of benzene rings is 2. The summed E-state index contributed by atoms with van der Waals surface area (Å²) in [6.07, 6.45) is 0.947. The molecular formula is C24H26FN3O7S. The number of amides is 2. The lowest BCUT2D eigenvalue weighted by Gasteiger charge is -2.13. The van der Waals surface area contributed by atoms with Gasteiger partial charge in [-0.05, 0) is 36.8 Å². The smallest absolute Gasteiger partial charge is 0.407 e. The highest BCUT2D eigenvalue weighted by Crippen LogP contribution is 2.30. The molecule has 0 spiro atoms. The molecule has 0 unspecified atom stereocenters. The third kappa shape index (κ3) is 6.61. The monoisotopic (exact) mass is 519 g/mol. The molecule has 1 aromatic heterocycles. The standard InChI is InChI=1S/C24H26FN3O7S/c1-26-24(31)35-15-17-12-22(20-8-2-3-9-21(20)25)28(14-17)36(32,33)19-7-4-6-18(13-19)34-16-23(30)27-10-5-11-29/h2-4,6-9,12-14,29H,5,10-11,15-16H2,1H3,(H,26,31)(H,27,30). The van der Waals surface area contributed by atoms with E-state index in [4.69, 9.17) is 14.6 Å². The van der Waals surface area contributed by atoms with Crippen LogP contribution in [0.4, 0.5) is 9.18 Å². The van der Waals surface area contributed by atoms with Crippen molar-refractivity contribution in [2.24, 2.45) is 0 Å². The van der Waals surface area contributed by atoms with E-state index in [0.717, 1.165) is 3.97 Å². The number of hydrogen-bond donors (Lipinski definition) is 3. The number of aliphatic hydroxyl groups excluding tert-OH is 1. The average Bonchev–Trinajstić information content (AvgIpc) is 3.31. The van der Waals surface area contributed by atoms with Crippen LogP contribution in [-0.4, -0.2) is 56.3 Å². The summed E-state index contributed by atoms with van der Waals surface area (Å²) in [5, 5.41) is 13.6. The van der Waals surface area contributed by atoms with E-state index in [1.54, 1.807) is 6.07 Å². The highest BCUT2D eigenvalue weighted by Gasteiger charge is 2.24. The maximum Gasteiger partial charge on any atom is 0.407 e. The van der Waals surface area contributed by atoms with Crippen LogP contribution in [0.15, 0.2) is 65.7 Å². The highest BCUT2D eigenvalue weighted by atomic mass is 32.2. The molecule has 0 aliphatic rings. The fourth-order valence-electron chi connectivity index (χ4n) is 3.21. The molecule has 3 N–H and O–H groups in total. The molecule has 12 heteroatoms. The molecule has 0 aliphatic heterocycles. The topological polar surface area (TPSA) is 136 Å². The molecule has 10 nitrogen and oxygen atoms in total. The van der Waals surface area contributed by atoms with Crippen molar-refractivity contribution in [3.05, 3.63) is 72.2 Å². The Morgan fingerprint density at radius 2 is 1.89 bits per heavy atom. The molecule has 0 radical (unpaired) electrons. The maximum atomic E-state index is 14.6. The van der Waals surface area contributed by atoms with Crippen LogP contribution in [0, 0.1) is 5.82 Å². The van der Waals surface area contributed by atoms with Crippen molar-refractivity contribution < 1.29 is 37.0 Å². The van der Waals surface area contributed by atoms with Crippen LogP contribution in [-0.2, 0) is 26.2 Å². The van der Waals surface area contributed by atoms with Gasteiger partial charge < -0.3 is 25.2 Å². The molecule has 0 bridgehead atoms. The Balaban J connectivity index is 1.92. The molecule has 2 aromatic carbocycles. The fraction of sp³-hybridized carbons (Fsp3) is 0.250. The van der Waals surface area contributed by atoms with Crippen LogP contribution in [0.3, 0.4) is 0 Å². The highest BCUT2D eigenvalue weighted by molar-refractivity contribution is 7.90. The van der Waals surface area contributed by atoms with Crippen molar-refractivity contribution in [3.8, 4) is 17.0 Å². The number of nitrogens with one attached hydrogen (secondary N) is 2. The van der Waals surface area contributed by atoms with Gasteiger partial charge >= 0.3 is 6.09 Å². The molecule has 36 heavy (non-hydrogen) atoms. The van der Waals surface area contributed by atoms with Gasteiger partial charge in [-0.3, -0.25) is 4.79 Å². The Kier molecular flexibility index (Phi) is 9.03. The number of rotatable bonds is 11. The number of nitrogens with zero attached hydrogens (tertiary/aromatic N) is 1.